The molecule has 4 rings (SSSR count). The Morgan fingerprint density at radius 2 is 1.86 bits per heavy atom. The summed E-state index contributed by atoms with van der Waals surface area (Å²) >= 11 is 0. The van der Waals surface area contributed by atoms with Crippen LogP contribution in [0.3, 0.4) is 0 Å². The topological polar surface area (TPSA) is 70.7 Å². The molecule has 1 atom stereocenters. The van der Waals surface area contributed by atoms with Gasteiger partial charge in [-0.1, -0.05) is 42.5 Å². The van der Waals surface area contributed by atoms with E-state index in [2.05, 4.69) is 10.6 Å². The van der Waals surface area contributed by atoms with Crippen molar-refractivity contribution < 1.29 is 14.3 Å². The standard InChI is InChI=1S/C22H21N3O3/c1-28-18-9-5-8-17(13-18)25-14-16(12-21(25)26)23-22(27)24-20-11-4-7-15-6-2-3-10-19(15)20/h2-11,13,16H,12,14H2,1H3,(H2,23,24,27). The molecule has 2 N–H and O–H groups in total. The van der Waals surface area contributed by atoms with Gasteiger partial charge in [0.25, 0.3) is 0 Å². The lowest BCUT2D eigenvalue weighted by atomic mass is 10.1. The van der Waals surface area contributed by atoms with E-state index in [0.29, 0.717) is 12.3 Å². The third-order valence-electron chi connectivity index (χ3n) is 4.86. The Balaban J connectivity index is 1.43. The summed E-state index contributed by atoms with van der Waals surface area (Å²) in [4.78, 5) is 26.6. The number of urea groups is 1. The molecule has 3 aromatic carbocycles. The molecule has 0 spiro atoms. The number of methoxy groups -OCH3 is 1. The monoisotopic (exact) mass is 375 g/mol. The first-order valence-corrected chi connectivity index (χ1v) is 9.14. The lowest BCUT2D eigenvalue weighted by Crippen LogP contribution is -2.39. The van der Waals surface area contributed by atoms with Gasteiger partial charge >= 0.3 is 6.03 Å². The fourth-order valence-electron chi connectivity index (χ4n) is 3.51. The van der Waals surface area contributed by atoms with Crippen LogP contribution in [0.25, 0.3) is 10.8 Å². The number of ether oxygens (including phenoxy) is 1. The van der Waals surface area contributed by atoms with Gasteiger partial charge in [-0.25, -0.2) is 4.79 Å². The molecule has 6 nitrogen and oxygen atoms in total. The summed E-state index contributed by atoms with van der Waals surface area (Å²) < 4.78 is 5.22. The van der Waals surface area contributed by atoms with Crippen LogP contribution in [-0.2, 0) is 4.79 Å². The summed E-state index contributed by atoms with van der Waals surface area (Å²) in [5.41, 5.74) is 1.51. The van der Waals surface area contributed by atoms with Crippen molar-refractivity contribution in [2.24, 2.45) is 0 Å². The second kappa shape index (κ2) is 7.60. The maximum Gasteiger partial charge on any atom is 0.319 e. The summed E-state index contributed by atoms with van der Waals surface area (Å²) in [6.45, 7) is 0.426. The van der Waals surface area contributed by atoms with Gasteiger partial charge in [-0.15, -0.1) is 0 Å². The van der Waals surface area contributed by atoms with Crippen LogP contribution < -0.4 is 20.3 Å². The molecule has 1 unspecified atom stereocenters. The van der Waals surface area contributed by atoms with Crippen LogP contribution in [0.1, 0.15) is 6.42 Å². The van der Waals surface area contributed by atoms with E-state index in [0.717, 1.165) is 22.1 Å². The largest absolute Gasteiger partial charge is 0.497 e. The third kappa shape index (κ3) is 3.62. The van der Waals surface area contributed by atoms with Gasteiger partial charge in [0.2, 0.25) is 5.91 Å². The minimum Gasteiger partial charge on any atom is -0.497 e. The van der Waals surface area contributed by atoms with Crippen LogP contribution in [0.2, 0.25) is 0 Å². The number of benzene rings is 3. The van der Waals surface area contributed by atoms with Crippen molar-refractivity contribution in [3.8, 4) is 5.75 Å². The zero-order chi connectivity index (χ0) is 19.5. The predicted molar refractivity (Wildman–Crippen MR) is 110 cm³/mol. The Morgan fingerprint density at radius 3 is 2.71 bits per heavy atom. The summed E-state index contributed by atoms with van der Waals surface area (Å²) in [5.74, 6) is 0.666. The fraction of sp³-hybridized carbons (Fsp3) is 0.182. The van der Waals surface area contributed by atoms with Crippen molar-refractivity contribution in [3.05, 3.63) is 66.7 Å². The van der Waals surface area contributed by atoms with Crippen LogP contribution in [0.4, 0.5) is 16.2 Å². The van der Waals surface area contributed by atoms with Gasteiger partial charge < -0.3 is 20.3 Å². The van der Waals surface area contributed by atoms with Crippen LogP contribution in [0, 0.1) is 0 Å². The molecule has 0 bridgehead atoms. The zero-order valence-corrected chi connectivity index (χ0v) is 15.5. The first-order chi connectivity index (χ1) is 13.6. The molecule has 1 heterocycles. The number of amides is 3. The lowest BCUT2D eigenvalue weighted by Gasteiger charge is -2.18. The molecule has 0 radical (unpaired) electrons. The van der Waals surface area contributed by atoms with Crippen molar-refractivity contribution in [1.82, 2.24) is 5.32 Å². The van der Waals surface area contributed by atoms with Gasteiger partial charge in [0.05, 0.1) is 18.8 Å². The Morgan fingerprint density at radius 1 is 1.07 bits per heavy atom. The van der Waals surface area contributed by atoms with Crippen molar-refractivity contribution >= 4 is 34.1 Å². The van der Waals surface area contributed by atoms with Crippen LogP contribution >= 0.6 is 0 Å². The predicted octanol–water partition coefficient (Wildman–Crippen LogP) is 3.78. The zero-order valence-electron chi connectivity index (χ0n) is 15.5. The molecule has 1 aliphatic heterocycles. The molecule has 0 aromatic heterocycles. The number of rotatable bonds is 4. The van der Waals surface area contributed by atoms with Crippen molar-refractivity contribution in [2.75, 3.05) is 23.9 Å². The maximum absolute atomic E-state index is 12.5. The van der Waals surface area contributed by atoms with Crippen molar-refractivity contribution in [3.63, 3.8) is 0 Å². The number of carbonyl (C=O) groups is 2. The molecular weight excluding hydrogens is 354 g/mol. The quantitative estimate of drug-likeness (QED) is 0.729. The number of fused-ring (bicyclic) bond motifs is 1. The molecule has 3 aromatic rings. The van der Waals surface area contributed by atoms with E-state index in [1.807, 2.05) is 66.7 Å². The van der Waals surface area contributed by atoms with Gasteiger partial charge in [0.15, 0.2) is 0 Å². The van der Waals surface area contributed by atoms with Crippen LogP contribution in [0.15, 0.2) is 66.7 Å². The Kier molecular flexibility index (Phi) is 4.85. The lowest BCUT2D eigenvalue weighted by molar-refractivity contribution is -0.117. The molecule has 28 heavy (non-hydrogen) atoms. The van der Waals surface area contributed by atoms with Crippen molar-refractivity contribution in [2.45, 2.75) is 12.5 Å². The number of nitrogens with one attached hydrogen (secondary N) is 2. The Labute approximate surface area is 163 Å². The third-order valence-corrected chi connectivity index (χ3v) is 4.86. The van der Waals surface area contributed by atoms with Gasteiger partial charge in [-0.2, -0.15) is 0 Å². The van der Waals surface area contributed by atoms with Crippen LogP contribution in [0.5, 0.6) is 5.75 Å². The van der Waals surface area contributed by atoms with E-state index in [1.165, 1.54) is 0 Å². The average Bonchev–Trinajstić information content (AvgIpc) is 3.08. The maximum atomic E-state index is 12.5. The average molecular weight is 375 g/mol. The normalized spacial score (nSPS) is 16.2. The highest BCUT2D eigenvalue weighted by atomic mass is 16.5. The van der Waals surface area contributed by atoms with E-state index >= 15 is 0 Å². The number of anilines is 2. The van der Waals surface area contributed by atoms with Gasteiger partial charge in [-0.05, 0) is 23.6 Å². The smallest absolute Gasteiger partial charge is 0.319 e. The van der Waals surface area contributed by atoms with E-state index in [9.17, 15) is 9.59 Å². The van der Waals surface area contributed by atoms with E-state index in [4.69, 9.17) is 4.74 Å². The first-order valence-electron chi connectivity index (χ1n) is 9.14. The Hall–Kier alpha value is -3.54. The number of hydrogen-bond acceptors (Lipinski definition) is 3. The number of hydrogen-bond donors (Lipinski definition) is 2. The minimum absolute atomic E-state index is 0.0243. The molecule has 142 valence electrons. The van der Waals surface area contributed by atoms with E-state index in [-0.39, 0.29) is 24.4 Å². The van der Waals surface area contributed by atoms with Crippen LogP contribution in [-0.4, -0.2) is 31.6 Å². The molecule has 0 saturated carbocycles. The van der Waals surface area contributed by atoms with Crippen molar-refractivity contribution in [1.29, 1.82) is 0 Å². The van der Waals surface area contributed by atoms with E-state index < -0.39 is 0 Å². The second-order valence-electron chi connectivity index (χ2n) is 6.73. The molecule has 6 heteroatoms. The van der Waals surface area contributed by atoms with Gasteiger partial charge in [-0.3, -0.25) is 4.79 Å². The molecule has 1 aliphatic rings. The summed E-state index contributed by atoms with van der Waals surface area (Å²) in [7, 11) is 1.59. The molecule has 0 aliphatic carbocycles. The fourth-order valence-corrected chi connectivity index (χ4v) is 3.51. The Bertz CT molecular complexity index is 1030. The summed E-state index contributed by atoms with van der Waals surface area (Å²) in [5, 5.41) is 7.84. The second-order valence-corrected chi connectivity index (χ2v) is 6.73. The van der Waals surface area contributed by atoms with E-state index in [1.54, 1.807) is 12.0 Å². The SMILES string of the molecule is COc1cccc(N2CC(NC(=O)Nc3cccc4ccccc34)CC2=O)c1. The highest BCUT2D eigenvalue weighted by Crippen LogP contribution is 2.26. The summed E-state index contributed by atoms with van der Waals surface area (Å²) in [6.07, 6.45) is 0.264. The molecule has 3 amide bonds. The molecule has 1 fully saturated rings. The highest BCUT2D eigenvalue weighted by Gasteiger charge is 2.31. The van der Waals surface area contributed by atoms with Gasteiger partial charge in [0, 0.05) is 30.1 Å². The molecule has 1 saturated heterocycles. The first kappa shape index (κ1) is 17.9. The highest BCUT2D eigenvalue weighted by molar-refractivity contribution is 6.02. The number of nitrogens with zero attached hydrogens (tertiary/aromatic N) is 1. The molecular formula is C22H21N3O3. The van der Waals surface area contributed by atoms with Gasteiger partial charge in [0.1, 0.15) is 5.75 Å². The summed E-state index contributed by atoms with van der Waals surface area (Å²) in [6, 6.07) is 20.4. The minimum atomic E-state index is -0.318. The number of carbonyl (C=O) groups excluding carboxylic acids is 2.